The summed E-state index contributed by atoms with van der Waals surface area (Å²) in [6, 6.07) is 10.6. The largest absolute Gasteiger partial charge is 0.573 e. The van der Waals surface area contributed by atoms with E-state index in [0.717, 1.165) is 0 Å². The second kappa shape index (κ2) is 8.94. The Kier molecular flexibility index (Phi) is 6.21. The summed E-state index contributed by atoms with van der Waals surface area (Å²) in [5.41, 5.74) is 1.87. The number of rotatable bonds is 4. The number of alkyl halides is 3. The predicted octanol–water partition coefficient (Wildman–Crippen LogP) is 4.51. The van der Waals surface area contributed by atoms with Crippen molar-refractivity contribution in [1.82, 2.24) is 9.55 Å². The van der Waals surface area contributed by atoms with Gasteiger partial charge in [0, 0.05) is 33.0 Å². The molecule has 3 heterocycles. The summed E-state index contributed by atoms with van der Waals surface area (Å²) in [5.74, 6) is 0.139. The van der Waals surface area contributed by atoms with Gasteiger partial charge in [0.05, 0.1) is 11.2 Å². The number of aryl methyl sites for hydroxylation is 1. The molecule has 7 nitrogen and oxygen atoms in total. The third-order valence-corrected chi connectivity index (χ3v) is 6.11. The van der Waals surface area contributed by atoms with E-state index in [-0.39, 0.29) is 23.1 Å². The van der Waals surface area contributed by atoms with E-state index in [9.17, 15) is 23.2 Å². The van der Waals surface area contributed by atoms with Crippen LogP contribution in [0, 0.1) is 11.3 Å². The van der Waals surface area contributed by atoms with Crippen LogP contribution in [-0.2, 0) is 7.05 Å². The zero-order valence-corrected chi connectivity index (χ0v) is 19.0. The van der Waals surface area contributed by atoms with Gasteiger partial charge < -0.3 is 18.9 Å². The molecule has 1 aliphatic heterocycles. The number of halogens is 4. The third kappa shape index (κ3) is 4.90. The van der Waals surface area contributed by atoms with Gasteiger partial charge >= 0.3 is 6.36 Å². The number of pyridine rings is 2. The molecule has 0 radical (unpaired) electrons. The SMILES string of the molecule is Cn1c(=O)c(Br)c(N2CCC(Oc3ccc(OC(F)(F)F)cc3)CC2)c2nc(C#N)ccc21. The number of benzene rings is 1. The summed E-state index contributed by atoms with van der Waals surface area (Å²) in [7, 11) is 1.65. The fraction of sp³-hybridized carbons (Fsp3) is 0.318. The average Bonchev–Trinajstić information content (AvgIpc) is 2.79. The summed E-state index contributed by atoms with van der Waals surface area (Å²) in [6.07, 6.45) is -3.63. The molecule has 0 atom stereocenters. The first-order valence-corrected chi connectivity index (χ1v) is 10.8. The standard InChI is InChI=1S/C22H18BrF3N4O3/c1-29-17-7-2-13(12-27)28-19(17)20(18(23)21(29)31)30-10-8-15(9-11-30)32-14-3-5-16(6-4-14)33-22(24,25)26/h2-7,15H,8-11H2,1H3. The van der Waals surface area contributed by atoms with Crippen molar-refractivity contribution in [2.24, 2.45) is 7.05 Å². The Balaban J connectivity index is 1.50. The van der Waals surface area contributed by atoms with E-state index in [1.54, 1.807) is 19.2 Å². The molecule has 1 aromatic carbocycles. The second-order valence-electron chi connectivity index (χ2n) is 7.53. The first-order chi connectivity index (χ1) is 15.7. The first kappa shape index (κ1) is 22.9. The Morgan fingerprint density at radius 3 is 2.36 bits per heavy atom. The van der Waals surface area contributed by atoms with Gasteiger partial charge in [-0.05, 0) is 52.3 Å². The van der Waals surface area contributed by atoms with E-state index in [0.29, 0.717) is 52.9 Å². The molecule has 1 fully saturated rings. The van der Waals surface area contributed by atoms with Crippen LogP contribution in [0.25, 0.3) is 11.0 Å². The van der Waals surface area contributed by atoms with Gasteiger partial charge in [0.25, 0.3) is 5.56 Å². The number of aromatic nitrogens is 2. The van der Waals surface area contributed by atoms with Crippen molar-refractivity contribution < 1.29 is 22.6 Å². The first-order valence-electron chi connectivity index (χ1n) is 10.0. The number of piperidine rings is 1. The fourth-order valence-corrected chi connectivity index (χ4v) is 4.52. The van der Waals surface area contributed by atoms with E-state index < -0.39 is 6.36 Å². The number of hydrogen-bond acceptors (Lipinski definition) is 6. The van der Waals surface area contributed by atoms with Crippen molar-refractivity contribution in [2.75, 3.05) is 18.0 Å². The minimum absolute atomic E-state index is 0.144. The van der Waals surface area contributed by atoms with Crippen molar-refractivity contribution in [3.05, 3.63) is 56.9 Å². The number of fused-ring (bicyclic) bond motifs is 1. The van der Waals surface area contributed by atoms with E-state index in [2.05, 4.69) is 25.7 Å². The molecule has 0 saturated carbocycles. The third-order valence-electron chi connectivity index (χ3n) is 5.39. The Hall–Kier alpha value is -3.26. The molecular formula is C22H18BrF3N4O3. The topological polar surface area (TPSA) is 80.4 Å². The minimum atomic E-state index is -4.74. The lowest BCUT2D eigenvalue weighted by Gasteiger charge is -2.34. The Morgan fingerprint density at radius 2 is 1.76 bits per heavy atom. The smallest absolute Gasteiger partial charge is 0.490 e. The van der Waals surface area contributed by atoms with Crippen LogP contribution < -0.4 is 19.9 Å². The molecule has 2 aromatic heterocycles. The van der Waals surface area contributed by atoms with Gasteiger partial charge in [0.2, 0.25) is 0 Å². The lowest BCUT2D eigenvalue weighted by atomic mass is 10.1. The van der Waals surface area contributed by atoms with Gasteiger partial charge in [-0.1, -0.05) is 0 Å². The molecular weight excluding hydrogens is 505 g/mol. The number of ether oxygens (including phenoxy) is 2. The highest BCUT2D eigenvalue weighted by Gasteiger charge is 2.31. The van der Waals surface area contributed by atoms with Gasteiger partial charge in [0.1, 0.15) is 39.4 Å². The van der Waals surface area contributed by atoms with Crippen molar-refractivity contribution in [2.45, 2.75) is 25.3 Å². The summed E-state index contributed by atoms with van der Waals surface area (Å²) in [5, 5.41) is 9.25. The molecule has 0 unspecified atom stereocenters. The van der Waals surface area contributed by atoms with Crippen LogP contribution in [0.2, 0.25) is 0 Å². The summed E-state index contributed by atoms with van der Waals surface area (Å²) in [6.45, 7) is 1.14. The van der Waals surface area contributed by atoms with Crippen LogP contribution in [0.1, 0.15) is 18.5 Å². The van der Waals surface area contributed by atoms with Gasteiger partial charge in [-0.2, -0.15) is 5.26 Å². The Labute approximate surface area is 195 Å². The summed E-state index contributed by atoms with van der Waals surface area (Å²) in [4.78, 5) is 19.2. The second-order valence-corrected chi connectivity index (χ2v) is 8.32. The average molecular weight is 523 g/mol. The molecule has 0 aliphatic carbocycles. The summed E-state index contributed by atoms with van der Waals surface area (Å²) < 4.78 is 48.6. The van der Waals surface area contributed by atoms with E-state index in [4.69, 9.17) is 4.74 Å². The van der Waals surface area contributed by atoms with E-state index in [1.165, 1.54) is 28.8 Å². The maximum absolute atomic E-state index is 12.7. The zero-order chi connectivity index (χ0) is 23.8. The molecule has 0 spiro atoms. The van der Waals surface area contributed by atoms with Crippen LogP contribution in [0.5, 0.6) is 11.5 Å². The van der Waals surface area contributed by atoms with E-state index >= 15 is 0 Å². The number of anilines is 1. The van der Waals surface area contributed by atoms with Crippen LogP contribution in [-0.4, -0.2) is 35.1 Å². The Morgan fingerprint density at radius 1 is 1.12 bits per heavy atom. The highest BCUT2D eigenvalue weighted by Crippen LogP contribution is 2.33. The van der Waals surface area contributed by atoms with Crippen LogP contribution in [0.4, 0.5) is 18.9 Å². The highest BCUT2D eigenvalue weighted by molar-refractivity contribution is 9.10. The maximum Gasteiger partial charge on any atom is 0.573 e. The van der Waals surface area contributed by atoms with E-state index in [1.807, 2.05) is 11.0 Å². The quantitative estimate of drug-likeness (QED) is 0.501. The minimum Gasteiger partial charge on any atom is -0.490 e. The van der Waals surface area contributed by atoms with Gasteiger partial charge in [-0.3, -0.25) is 4.79 Å². The molecule has 1 saturated heterocycles. The monoisotopic (exact) mass is 522 g/mol. The normalized spacial score (nSPS) is 14.8. The predicted molar refractivity (Wildman–Crippen MR) is 118 cm³/mol. The van der Waals surface area contributed by atoms with Crippen molar-refractivity contribution in [1.29, 1.82) is 5.26 Å². The molecule has 0 bridgehead atoms. The number of nitriles is 1. The zero-order valence-electron chi connectivity index (χ0n) is 17.4. The number of hydrogen-bond donors (Lipinski definition) is 0. The number of nitrogens with zero attached hydrogens (tertiary/aromatic N) is 4. The van der Waals surface area contributed by atoms with Crippen LogP contribution in [0.15, 0.2) is 45.7 Å². The Bertz CT molecular complexity index is 1280. The molecule has 0 amide bonds. The maximum atomic E-state index is 12.7. The van der Waals surface area contributed by atoms with Crippen molar-refractivity contribution in [3.63, 3.8) is 0 Å². The van der Waals surface area contributed by atoms with Crippen molar-refractivity contribution >= 4 is 32.7 Å². The highest BCUT2D eigenvalue weighted by atomic mass is 79.9. The van der Waals surface area contributed by atoms with Crippen LogP contribution >= 0.6 is 15.9 Å². The lowest BCUT2D eigenvalue weighted by Crippen LogP contribution is -2.39. The molecule has 33 heavy (non-hydrogen) atoms. The molecule has 4 rings (SSSR count). The molecule has 172 valence electrons. The lowest BCUT2D eigenvalue weighted by molar-refractivity contribution is -0.274. The molecule has 3 aromatic rings. The van der Waals surface area contributed by atoms with Gasteiger partial charge in [-0.25, -0.2) is 4.98 Å². The van der Waals surface area contributed by atoms with Crippen LogP contribution in [0.3, 0.4) is 0 Å². The molecule has 1 aliphatic rings. The van der Waals surface area contributed by atoms with Crippen molar-refractivity contribution in [3.8, 4) is 17.6 Å². The molecule has 11 heteroatoms. The van der Waals surface area contributed by atoms with Gasteiger partial charge in [-0.15, -0.1) is 13.2 Å². The van der Waals surface area contributed by atoms with Gasteiger partial charge in [0.15, 0.2) is 0 Å². The summed E-state index contributed by atoms with van der Waals surface area (Å²) >= 11 is 3.41. The molecule has 0 N–H and O–H groups in total. The fourth-order valence-electron chi connectivity index (χ4n) is 3.82.